The molecule has 1 N–H and O–H groups in total. The number of hydrogen-bond acceptors (Lipinski definition) is 5. The number of carbonyl (C=O) groups is 1. The lowest BCUT2D eigenvalue weighted by molar-refractivity contribution is -0.116. The van der Waals surface area contributed by atoms with Crippen molar-refractivity contribution in [1.82, 2.24) is 10.3 Å². The van der Waals surface area contributed by atoms with Gasteiger partial charge in [0.25, 0.3) is 0 Å². The first kappa shape index (κ1) is 15.2. The van der Waals surface area contributed by atoms with Gasteiger partial charge in [-0.25, -0.2) is 4.98 Å². The molecule has 4 nitrogen and oxygen atoms in total. The Morgan fingerprint density at radius 2 is 2.41 bits per heavy atom. The first-order chi connectivity index (χ1) is 10.8. The number of thiophene rings is 1. The zero-order valence-corrected chi connectivity index (χ0v) is 13.9. The van der Waals surface area contributed by atoms with E-state index in [9.17, 15) is 4.79 Å². The van der Waals surface area contributed by atoms with E-state index in [1.807, 2.05) is 35.2 Å². The maximum atomic E-state index is 11.9. The molecular weight excluding hydrogens is 314 g/mol. The zero-order valence-electron chi connectivity index (χ0n) is 12.3. The Balaban J connectivity index is 1.46. The van der Waals surface area contributed by atoms with Crippen LogP contribution in [-0.2, 0) is 4.79 Å². The molecule has 6 heteroatoms. The van der Waals surface area contributed by atoms with Crippen LogP contribution in [0.4, 0.5) is 5.13 Å². The summed E-state index contributed by atoms with van der Waals surface area (Å²) in [5.41, 5.74) is 0. The Hall–Kier alpha value is -1.66. The number of piperidine rings is 1. The number of amides is 1. The monoisotopic (exact) mass is 333 g/mol. The van der Waals surface area contributed by atoms with Gasteiger partial charge >= 0.3 is 0 Å². The third kappa shape index (κ3) is 4.18. The van der Waals surface area contributed by atoms with E-state index in [-0.39, 0.29) is 5.91 Å². The summed E-state index contributed by atoms with van der Waals surface area (Å²) in [6.07, 6.45) is 7.65. The minimum absolute atomic E-state index is 0.0141. The van der Waals surface area contributed by atoms with Crippen LogP contribution in [0, 0.1) is 5.92 Å². The van der Waals surface area contributed by atoms with Crippen molar-refractivity contribution in [2.75, 3.05) is 24.5 Å². The minimum Gasteiger partial charge on any atom is -0.352 e. The second-order valence-corrected chi connectivity index (χ2v) is 7.22. The van der Waals surface area contributed by atoms with Crippen molar-refractivity contribution in [2.45, 2.75) is 12.8 Å². The topological polar surface area (TPSA) is 45.2 Å². The molecule has 0 aliphatic carbocycles. The fourth-order valence-electron chi connectivity index (χ4n) is 2.63. The van der Waals surface area contributed by atoms with Gasteiger partial charge in [-0.1, -0.05) is 6.07 Å². The molecule has 3 heterocycles. The molecule has 1 fully saturated rings. The predicted octanol–water partition coefficient (Wildman–Crippen LogP) is 3.25. The molecule has 0 saturated carbocycles. The van der Waals surface area contributed by atoms with E-state index < -0.39 is 0 Å². The van der Waals surface area contributed by atoms with Crippen LogP contribution in [0.2, 0.25) is 0 Å². The molecule has 22 heavy (non-hydrogen) atoms. The lowest BCUT2D eigenvalue weighted by Crippen LogP contribution is -2.40. The lowest BCUT2D eigenvalue weighted by Gasteiger charge is -2.32. The van der Waals surface area contributed by atoms with E-state index in [1.165, 1.54) is 0 Å². The van der Waals surface area contributed by atoms with Gasteiger partial charge in [0.05, 0.1) is 0 Å². The molecular formula is C16H19N3OS2. The molecule has 0 spiro atoms. The average molecular weight is 333 g/mol. The van der Waals surface area contributed by atoms with E-state index in [1.54, 1.807) is 28.7 Å². The average Bonchev–Trinajstić information content (AvgIpc) is 3.24. The van der Waals surface area contributed by atoms with Gasteiger partial charge in [0.2, 0.25) is 5.91 Å². The number of nitrogens with zero attached hydrogens (tertiary/aromatic N) is 2. The summed E-state index contributed by atoms with van der Waals surface area (Å²) in [7, 11) is 0. The SMILES string of the molecule is O=C(/C=C/c1cccs1)NCC1CCCN(c2nccs2)C1. The van der Waals surface area contributed by atoms with Crippen molar-refractivity contribution in [3.05, 3.63) is 40.0 Å². The molecule has 3 rings (SSSR count). The Morgan fingerprint density at radius 1 is 1.45 bits per heavy atom. The largest absolute Gasteiger partial charge is 0.352 e. The maximum Gasteiger partial charge on any atom is 0.244 e. The number of thiazole rings is 1. The second kappa shape index (κ2) is 7.56. The summed E-state index contributed by atoms with van der Waals surface area (Å²) in [6.45, 7) is 2.77. The van der Waals surface area contributed by atoms with Crippen molar-refractivity contribution in [3.8, 4) is 0 Å². The minimum atomic E-state index is -0.0141. The van der Waals surface area contributed by atoms with E-state index in [0.717, 1.165) is 42.5 Å². The number of hydrogen-bond donors (Lipinski definition) is 1. The molecule has 1 aliphatic heterocycles. The van der Waals surface area contributed by atoms with Crippen LogP contribution in [0.25, 0.3) is 6.08 Å². The van der Waals surface area contributed by atoms with Gasteiger partial charge in [0, 0.05) is 42.2 Å². The van der Waals surface area contributed by atoms with Gasteiger partial charge in [-0.2, -0.15) is 0 Å². The van der Waals surface area contributed by atoms with Crippen LogP contribution in [-0.4, -0.2) is 30.5 Å². The van der Waals surface area contributed by atoms with E-state index in [0.29, 0.717) is 5.92 Å². The number of carbonyl (C=O) groups excluding carboxylic acids is 1. The maximum absolute atomic E-state index is 11.9. The summed E-state index contributed by atoms with van der Waals surface area (Å²) < 4.78 is 0. The van der Waals surface area contributed by atoms with Crippen molar-refractivity contribution in [1.29, 1.82) is 0 Å². The van der Waals surface area contributed by atoms with Crippen LogP contribution >= 0.6 is 22.7 Å². The standard InChI is InChI=1S/C16H19N3OS2/c20-15(6-5-14-4-2-9-21-14)18-11-13-3-1-8-19(12-13)16-17-7-10-22-16/h2,4-7,9-10,13H,1,3,8,11-12H2,(H,18,20)/b6-5+. The van der Waals surface area contributed by atoms with Gasteiger partial charge in [0.1, 0.15) is 0 Å². The molecule has 2 aromatic rings. The first-order valence-electron chi connectivity index (χ1n) is 7.45. The fourth-order valence-corrected chi connectivity index (χ4v) is 3.92. The van der Waals surface area contributed by atoms with Crippen LogP contribution in [0.15, 0.2) is 35.2 Å². The number of aromatic nitrogens is 1. The van der Waals surface area contributed by atoms with Crippen LogP contribution in [0.1, 0.15) is 17.7 Å². The highest BCUT2D eigenvalue weighted by atomic mass is 32.1. The van der Waals surface area contributed by atoms with Gasteiger partial charge in [-0.05, 0) is 36.3 Å². The van der Waals surface area contributed by atoms with E-state index in [2.05, 4.69) is 15.2 Å². The van der Waals surface area contributed by atoms with E-state index >= 15 is 0 Å². The third-order valence-corrected chi connectivity index (χ3v) is 5.39. The van der Waals surface area contributed by atoms with Crippen LogP contribution in [0.5, 0.6) is 0 Å². The number of anilines is 1. The lowest BCUT2D eigenvalue weighted by atomic mass is 9.98. The van der Waals surface area contributed by atoms with Crippen molar-refractivity contribution >= 4 is 39.8 Å². The summed E-state index contributed by atoms with van der Waals surface area (Å²) in [5, 5.41) is 8.12. The van der Waals surface area contributed by atoms with Crippen LogP contribution < -0.4 is 10.2 Å². The highest BCUT2D eigenvalue weighted by Crippen LogP contribution is 2.24. The molecule has 1 amide bonds. The van der Waals surface area contributed by atoms with Gasteiger partial charge in [0.15, 0.2) is 5.13 Å². The third-order valence-electron chi connectivity index (χ3n) is 3.72. The predicted molar refractivity (Wildman–Crippen MR) is 93.4 cm³/mol. The molecule has 1 saturated heterocycles. The molecule has 0 aromatic carbocycles. The van der Waals surface area contributed by atoms with Crippen molar-refractivity contribution < 1.29 is 4.79 Å². The highest BCUT2D eigenvalue weighted by Gasteiger charge is 2.21. The van der Waals surface area contributed by atoms with Gasteiger partial charge in [-0.15, -0.1) is 22.7 Å². The quantitative estimate of drug-likeness (QED) is 0.854. The van der Waals surface area contributed by atoms with Gasteiger partial charge < -0.3 is 10.2 Å². The molecule has 1 aliphatic rings. The Morgan fingerprint density at radius 3 is 3.18 bits per heavy atom. The van der Waals surface area contributed by atoms with Crippen LogP contribution in [0.3, 0.4) is 0 Å². The van der Waals surface area contributed by atoms with Crippen molar-refractivity contribution in [2.24, 2.45) is 5.92 Å². The highest BCUT2D eigenvalue weighted by molar-refractivity contribution is 7.13. The fraction of sp³-hybridized carbons (Fsp3) is 0.375. The summed E-state index contributed by atoms with van der Waals surface area (Å²) in [5.74, 6) is 0.483. The molecule has 0 bridgehead atoms. The second-order valence-electron chi connectivity index (χ2n) is 5.36. The smallest absolute Gasteiger partial charge is 0.244 e. The number of rotatable bonds is 5. The molecule has 2 aromatic heterocycles. The Kier molecular flexibility index (Phi) is 5.24. The summed E-state index contributed by atoms with van der Waals surface area (Å²) >= 11 is 3.31. The molecule has 1 unspecified atom stereocenters. The zero-order chi connectivity index (χ0) is 15.2. The number of nitrogens with one attached hydrogen (secondary N) is 1. The van der Waals surface area contributed by atoms with Crippen molar-refractivity contribution in [3.63, 3.8) is 0 Å². The summed E-state index contributed by atoms with van der Waals surface area (Å²) in [6, 6.07) is 3.99. The van der Waals surface area contributed by atoms with Gasteiger partial charge in [-0.3, -0.25) is 4.79 Å². The molecule has 116 valence electrons. The van der Waals surface area contributed by atoms with E-state index in [4.69, 9.17) is 0 Å². The first-order valence-corrected chi connectivity index (χ1v) is 9.21. The normalized spacial score (nSPS) is 18.7. The summed E-state index contributed by atoms with van der Waals surface area (Å²) in [4.78, 5) is 19.7. The molecule has 1 atom stereocenters. The molecule has 0 radical (unpaired) electrons. The Bertz CT molecular complexity index is 607. The Labute approximate surface area is 138 Å².